The Balaban J connectivity index is 1.42. The number of amides is 1. The van der Waals surface area contributed by atoms with Crippen LogP contribution in [0.5, 0.6) is 5.75 Å². The Bertz CT molecular complexity index is 1280. The molecule has 3 aromatic rings. The van der Waals surface area contributed by atoms with Crippen molar-refractivity contribution in [2.24, 2.45) is 12.5 Å². The van der Waals surface area contributed by atoms with Crippen molar-refractivity contribution >= 4 is 23.4 Å². The number of hydrogen-bond donors (Lipinski definition) is 1. The van der Waals surface area contributed by atoms with Gasteiger partial charge in [0.15, 0.2) is 5.82 Å². The SMILES string of the molecule is CCc1nn(C)cc1-c1nc(Nc2cc(OC(F)F)ccn2)cc(N2CC3(CCN(C(C)=O)CC3)C2)n1. The van der Waals surface area contributed by atoms with Crippen LogP contribution in [0.3, 0.4) is 0 Å². The molecule has 2 aliphatic heterocycles. The van der Waals surface area contributed by atoms with Crippen LogP contribution in [0.1, 0.15) is 32.4 Å². The molecule has 0 bridgehead atoms. The molecule has 2 saturated heterocycles. The number of anilines is 3. The van der Waals surface area contributed by atoms with Crippen molar-refractivity contribution in [1.29, 1.82) is 0 Å². The number of alkyl halides is 2. The molecule has 2 aliphatic rings. The molecule has 3 aromatic heterocycles. The Kier molecular flexibility index (Phi) is 6.65. The van der Waals surface area contributed by atoms with Crippen LogP contribution in [0.25, 0.3) is 11.4 Å². The maximum absolute atomic E-state index is 12.7. The van der Waals surface area contributed by atoms with Crippen molar-refractivity contribution in [2.75, 3.05) is 36.4 Å². The van der Waals surface area contributed by atoms with E-state index in [2.05, 4.69) is 25.0 Å². The second kappa shape index (κ2) is 9.91. The van der Waals surface area contributed by atoms with E-state index in [0.717, 1.165) is 62.5 Å². The lowest BCUT2D eigenvalue weighted by Crippen LogP contribution is -2.61. The summed E-state index contributed by atoms with van der Waals surface area (Å²) in [6.07, 6.45) is 5.95. The smallest absolute Gasteiger partial charge is 0.387 e. The number of carbonyl (C=O) groups is 1. The summed E-state index contributed by atoms with van der Waals surface area (Å²) >= 11 is 0. The Morgan fingerprint density at radius 3 is 2.62 bits per heavy atom. The first-order valence-corrected chi connectivity index (χ1v) is 12.3. The Morgan fingerprint density at radius 2 is 1.95 bits per heavy atom. The largest absolute Gasteiger partial charge is 0.435 e. The van der Waals surface area contributed by atoms with E-state index in [1.54, 1.807) is 11.6 Å². The highest BCUT2D eigenvalue weighted by atomic mass is 19.3. The second-order valence-corrected chi connectivity index (χ2v) is 9.69. The number of nitrogens with zero attached hydrogens (tertiary/aromatic N) is 7. The number of carbonyl (C=O) groups excluding carboxylic acids is 1. The molecule has 2 fully saturated rings. The molecule has 0 radical (unpaired) electrons. The van der Waals surface area contributed by atoms with Crippen LogP contribution in [0.2, 0.25) is 0 Å². The number of rotatable bonds is 7. The predicted molar refractivity (Wildman–Crippen MR) is 134 cm³/mol. The third kappa shape index (κ3) is 5.32. The molecule has 5 heterocycles. The molecule has 0 aromatic carbocycles. The molecular formula is C25H30F2N8O2. The lowest BCUT2D eigenvalue weighted by Gasteiger charge is -2.54. The number of halogens is 2. The molecule has 0 aliphatic carbocycles. The summed E-state index contributed by atoms with van der Waals surface area (Å²) < 4.78 is 31.6. The molecule has 37 heavy (non-hydrogen) atoms. The highest BCUT2D eigenvalue weighted by molar-refractivity contribution is 5.73. The van der Waals surface area contributed by atoms with Crippen LogP contribution < -0.4 is 15.0 Å². The first kappa shape index (κ1) is 24.8. The normalized spacial score (nSPS) is 16.7. The van der Waals surface area contributed by atoms with Crippen LogP contribution in [0, 0.1) is 5.41 Å². The topological polar surface area (TPSA) is 101 Å². The monoisotopic (exact) mass is 512 g/mol. The number of hydrogen-bond acceptors (Lipinski definition) is 8. The highest BCUT2D eigenvalue weighted by Gasteiger charge is 2.45. The van der Waals surface area contributed by atoms with Crippen LogP contribution in [0.4, 0.5) is 26.2 Å². The number of likely N-dealkylation sites (tertiary alicyclic amines) is 1. The zero-order chi connectivity index (χ0) is 26.2. The van der Waals surface area contributed by atoms with Gasteiger partial charge in [0.1, 0.15) is 23.2 Å². The van der Waals surface area contributed by atoms with Gasteiger partial charge >= 0.3 is 6.61 Å². The average molecular weight is 513 g/mol. The van der Waals surface area contributed by atoms with E-state index < -0.39 is 6.61 Å². The first-order valence-electron chi connectivity index (χ1n) is 12.3. The molecule has 1 N–H and O–H groups in total. The zero-order valence-electron chi connectivity index (χ0n) is 21.1. The summed E-state index contributed by atoms with van der Waals surface area (Å²) in [5.74, 6) is 2.23. The van der Waals surface area contributed by atoms with Gasteiger partial charge in [-0.15, -0.1) is 0 Å². The van der Waals surface area contributed by atoms with Gasteiger partial charge in [-0.25, -0.2) is 15.0 Å². The molecule has 196 valence electrons. The Morgan fingerprint density at radius 1 is 1.19 bits per heavy atom. The summed E-state index contributed by atoms with van der Waals surface area (Å²) in [5, 5.41) is 7.65. The molecular weight excluding hydrogens is 482 g/mol. The second-order valence-electron chi connectivity index (χ2n) is 9.69. The highest BCUT2D eigenvalue weighted by Crippen LogP contribution is 2.43. The quantitative estimate of drug-likeness (QED) is 0.512. The molecule has 1 amide bonds. The van der Waals surface area contributed by atoms with E-state index in [4.69, 9.17) is 9.97 Å². The first-order chi connectivity index (χ1) is 17.7. The molecule has 0 atom stereocenters. The lowest BCUT2D eigenvalue weighted by molar-refractivity contribution is -0.131. The van der Waals surface area contributed by atoms with Gasteiger partial charge in [0.25, 0.3) is 0 Å². The molecule has 10 nitrogen and oxygen atoms in total. The van der Waals surface area contributed by atoms with Crippen molar-refractivity contribution in [2.45, 2.75) is 39.7 Å². The van der Waals surface area contributed by atoms with Crippen LogP contribution in [-0.4, -0.2) is 68.3 Å². The minimum Gasteiger partial charge on any atom is -0.435 e. The fraction of sp³-hybridized carbons (Fsp3) is 0.480. The van der Waals surface area contributed by atoms with Gasteiger partial charge in [0.05, 0.1) is 11.3 Å². The van der Waals surface area contributed by atoms with Gasteiger partial charge < -0.3 is 19.9 Å². The van der Waals surface area contributed by atoms with E-state index in [1.165, 1.54) is 18.3 Å². The average Bonchev–Trinajstić information content (AvgIpc) is 3.23. The van der Waals surface area contributed by atoms with Crippen molar-refractivity contribution in [3.05, 3.63) is 36.3 Å². The van der Waals surface area contributed by atoms with Gasteiger partial charge in [0.2, 0.25) is 5.91 Å². The Hall–Kier alpha value is -3.83. The van der Waals surface area contributed by atoms with Gasteiger partial charge in [-0.2, -0.15) is 13.9 Å². The molecule has 0 unspecified atom stereocenters. The van der Waals surface area contributed by atoms with Crippen molar-refractivity contribution in [1.82, 2.24) is 29.6 Å². The van der Waals surface area contributed by atoms with E-state index in [1.807, 2.05) is 31.1 Å². The zero-order valence-corrected chi connectivity index (χ0v) is 21.1. The maximum Gasteiger partial charge on any atom is 0.387 e. The van der Waals surface area contributed by atoms with Gasteiger partial charge in [-0.3, -0.25) is 9.48 Å². The fourth-order valence-electron chi connectivity index (χ4n) is 5.09. The van der Waals surface area contributed by atoms with E-state index in [-0.39, 0.29) is 17.1 Å². The summed E-state index contributed by atoms with van der Waals surface area (Å²) in [6.45, 7) is 3.98. The van der Waals surface area contributed by atoms with E-state index >= 15 is 0 Å². The summed E-state index contributed by atoms with van der Waals surface area (Å²) in [4.78, 5) is 29.7. The summed E-state index contributed by atoms with van der Waals surface area (Å²) in [7, 11) is 1.86. The molecule has 0 saturated carbocycles. The molecule has 5 rings (SSSR count). The minimum atomic E-state index is -2.92. The van der Waals surface area contributed by atoms with Crippen LogP contribution in [0.15, 0.2) is 30.6 Å². The van der Waals surface area contributed by atoms with Crippen molar-refractivity contribution in [3.8, 4) is 17.1 Å². The standard InChI is InChI=1S/C25H30F2N8O2/c1-4-19-18(13-33(3)32-19)23-30-21(29-20-11-17(5-8-28-20)37-24(26)27)12-22(31-23)35-14-25(15-35)6-9-34(10-7-25)16(2)36/h5,8,11-13,24H,4,6-7,9-10,14-15H2,1-3H3,(H,28,29,30,31). The van der Waals surface area contributed by atoms with Crippen molar-refractivity contribution in [3.63, 3.8) is 0 Å². The van der Waals surface area contributed by atoms with Gasteiger partial charge in [0, 0.05) is 70.1 Å². The van der Waals surface area contributed by atoms with Gasteiger partial charge in [-0.1, -0.05) is 6.92 Å². The number of ether oxygens (including phenoxy) is 1. The van der Waals surface area contributed by atoms with Gasteiger partial charge in [-0.05, 0) is 25.3 Å². The minimum absolute atomic E-state index is 0.00381. The maximum atomic E-state index is 12.7. The summed E-state index contributed by atoms with van der Waals surface area (Å²) in [5.41, 5.74) is 1.89. The summed E-state index contributed by atoms with van der Waals surface area (Å²) in [6, 6.07) is 4.61. The number of nitrogens with one attached hydrogen (secondary N) is 1. The lowest BCUT2D eigenvalue weighted by atomic mass is 9.72. The fourth-order valence-corrected chi connectivity index (χ4v) is 5.09. The van der Waals surface area contributed by atoms with Crippen LogP contribution >= 0.6 is 0 Å². The number of aromatic nitrogens is 5. The van der Waals surface area contributed by atoms with E-state index in [0.29, 0.717) is 17.5 Å². The van der Waals surface area contributed by atoms with Crippen LogP contribution in [-0.2, 0) is 18.3 Å². The number of aryl methyl sites for hydroxylation is 2. The third-order valence-electron chi connectivity index (χ3n) is 7.05. The number of piperidine rings is 1. The Labute approximate surface area is 213 Å². The molecule has 12 heteroatoms. The third-order valence-corrected chi connectivity index (χ3v) is 7.05. The van der Waals surface area contributed by atoms with E-state index in [9.17, 15) is 13.6 Å². The molecule has 1 spiro atoms. The van der Waals surface area contributed by atoms with Crippen molar-refractivity contribution < 1.29 is 18.3 Å². The predicted octanol–water partition coefficient (Wildman–Crippen LogP) is 3.63. The number of pyridine rings is 1.